The summed E-state index contributed by atoms with van der Waals surface area (Å²) in [7, 11) is 0. The minimum absolute atomic E-state index is 3.87. The maximum Gasteiger partial charge on any atom is 0.456 e. The molecule has 9 heteroatoms. The summed E-state index contributed by atoms with van der Waals surface area (Å²) in [5, 5.41) is 7.57. The molecule has 1 nitrogen and oxygen atoms in total. The second-order valence-corrected chi connectivity index (χ2v) is 1.92. The zero-order valence-corrected chi connectivity index (χ0v) is 5.47. The SMILES string of the molecule is O[C](C(F)(F)F)C(F)(F)C(F)(F)F. The maximum atomic E-state index is 11.7. The van der Waals surface area contributed by atoms with Crippen LogP contribution in [0.4, 0.5) is 35.1 Å². The first-order chi connectivity index (χ1) is 5.40. The molecule has 0 unspecified atom stereocenters. The highest BCUT2D eigenvalue weighted by atomic mass is 19.4. The van der Waals surface area contributed by atoms with Crippen LogP contribution < -0.4 is 0 Å². The van der Waals surface area contributed by atoms with Crippen molar-refractivity contribution < 1.29 is 40.2 Å². The summed E-state index contributed by atoms with van der Waals surface area (Å²) < 4.78 is 90.6. The third-order valence-corrected chi connectivity index (χ3v) is 0.922. The summed E-state index contributed by atoms with van der Waals surface area (Å²) in [6.45, 7) is 0. The van der Waals surface area contributed by atoms with Crippen molar-refractivity contribution in [2.75, 3.05) is 0 Å². The lowest BCUT2D eigenvalue weighted by Crippen LogP contribution is -2.48. The average molecular weight is 217 g/mol. The first-order valence-electron chi connectivity index (χ1n) is 2.49. The number of hydrogen-bond acceptors (Lipinski definition) is 1. The summed E-state index contributed by atoms with van der Waals surface area (Å²) in [5.74, 6) is -6.27. The van der Waals surface area contributed by atoms with Gasteiger partial charge >= 0.3 is 18.3 Å². The minimum Gasteiger partial charge on any atom is -0.373 e. The van der Waals surface area contributed by atoms with Gasteiger partial charge in [0.05, 0.1) is 0 Å². The molecule has 0 aromatic heterocycles. The van der Waals surface area contributed by atoms with Crippen LogP contribution in [0.1, 0.15) is 0 Å². The number of halogens is 8. The Bertz CT molecular complexity index is 178. The predicted molar refractivity (Wildman–Crippen MR) is 22.2 cm³/mol. The van der Waals surface area contributed by atoms with Crippen LogP contribution >= 0.6 is 0 Å². The Labute approximate surface area is 66.0 Å². The van der Waals surface area contributed by atoms with Gasteiger partial charge in [-0.05, 0) is 0 Å². The number of aliphatic hydroxyl groups excluding tert-OH is 1. The second-order valence-electron chi connectivity index (χ2n) is 1.92. The summed E-state index contributed by atoms with van der Waals surface area (Å²) in [5.41, 5.74) is 0. The first kappa shape index (κ1) is 12.4. The van der Waals surface area contributed by atoms with E-state index in [4.69, 9.17) is 5.11 Å². The lowest BCUT2D eigenvalue weighted by atomic mass is 10.2. The van der Waals surface area contributed by atoms with Crippen LogP contribution in [0.3, 0.4) is 0 Å². The van der Waals surface area contributed by atoms with E-state index < -0.39 is 24.4 Å². The maximum absolute atomic E-state index is 11.7. The van der Waals surface area contributed by atoms with E-state index in [1.807, 2.05) is 0 Å². The smallest absolute Gasteiger partial charge is 0.373 e. The van der Waals surface area contributed by atoms with Gasteiger partial charge in [0.15, 0.2) is 0 Å². The second kappa shape index (κ2) is 2.96. The molecule has 0 spiro atoms. The highest BCUT2D eigenvalue weighted by Crippen LogP contribution is 2.47. The molecule has 0 heterocycles. The fraction of sp³-hybridized carbons (Fsp3) is 0.750. The summed E-state index contributed by atoms with van der Waals surface area (Å²) in [4.78, 5) is 0. The van der Waals surface area contributed by atoms with Crippen LogP contribution in [0.2, 0.25) is 0 Å². The molecule has 0 aromatic rings. The Balaban J connectivity index is 4.86. The van der Waals surface area contributed by atoms with Crippen LogP contribution in [0.25, 0.3) is 0 Å². The molecule has 0 rings (SSSR count). The summed E-state index contributed by atoms with van der Waals surface area (Å²) >= 11 is 0. The van der Waals surface area contributed by atoms with Gasteiger partial charge in [-0.3, -0.25) is 0 Å². The van der Waals surface area contributed by atoms with Crippen LogP contribution in [-0.4, -0.2) is 23.4 Å². The fourth-order valence-electron chi connectivity index (χ4n) is 0.312. The number of rotatable bonds is 1. The highest BCUT2D eigenvalue weighted by Gasteiger charge is 2.70. The third-order valence-electron chi connectivity index (χ3n) is 0.922. The Hall–Kier alpha value is -0.600. The summed E-state index contributed by atoms with van der Waals surface area (Å²) in [6, 6.07) is 0. The van der Waals surface area contributed by atoms with E-state index >= 15 is 0 Å². The molecule has 0 bridgehead atoms. The van der Waals surface area contributed by atoms with E-state index in [0.717, 1.165) is 0 Å². The van der Waals surface area contributed by atoms with Crippen molar-refractivity contribution >= 4 is 0 Å². The molecule has 1 N–H and O–H groups in total. The van der Waals surface area contributed by atoms with Crippen molar-refractivity contribution in [1.82, 2.24) is 0 Å². The van der Waals surface area contributed by atoms with Gasteiger partial charge in [0.1, 0.15) is 0 Å². The molecule has 0 aliphatic heterocycles. The molecular formula is C4HF8O. The predicted octanol–water partition coefficient (Wildman–Crippen LogP) is 2.65. The molecular weight excluding hydrogens is 216 g/mol. The lowest BCUT2D eigenvalue weighted by molar-refractivity contribution is -0.321. The molecule has 0 atom stereocenters. The van der Waals surface area contributed by atoms with E-state index in [-0.39, 0.29) is 0 Å². The monoisotopic (exact) mass is 217 g/mol. The van der Waals surface area contributed by atoms with Crippen LogP contribution in [-0.2, 0) is 0 Å². The van der Waals surface area contributed by atoms with Gasteiger partial charge < -0.3 is 5.11 Å². The normalized spacial score (nSPS) is 15.2. The zero-order valence-electron chi connectivity index (χ0n) is 5.47. The number of hydrogen-bond donors (Lipinski definition) is 1. The first-order valence-corrected chi connectivity index (χ1v) is 2.49. The van der Waals surface area contributed by atoms with E-state index in [0.29, 0.717) is 0 Å². The summed E-state index contributed by atoms with van der Waals surface area (Å²) in [6.07, 6.45) is -16.4. The van der Waals surface area contributed by atoms with Crippen molar-refractivity contribution in [3.05, 3.63) is 6.10 Å². The lowest BCUT2D eigenvalue weighted by Gasteiger charge is -2.24. The topological polar surface area (TPSA) is 20.2 Å². The number of aliphatic hydroxyl groups is 1. The minimum atomic E-state index is -6.47. The molecule has 0 aromatic carbocycles. The van der Waals surface area contributed by atoms with Crippen LogP contribution in [0.5, 0.6) is 0 Å². The number of alkyl halides is 8. The molecule has 0 aliphatic carbocycles. The Morgan fingerprint density at radius 1 is 0.769 bits per heavy atom. The Morgan fingerprint density at radius 2 is 1.08 bits per heavy atom. The molecule has 0 aliphatic rings. The van der Waals surface area contributed by atoms with Gasteiger partial charge in [0, 0.05) is 0 Å². The van der Waals surface area contributed by atoms with Crippen LogP contribution in [0, 0.1) is 6.10 Å². The van der Waals surface area contributed by atoms with E-state index in [9.17, 15) is 35.1 Å². The molecule has 0 saturated carbocycles. The molecule has 0 saturated heterocycles. The molecule has 79 valence electrons. The standard InChI is InChI=1S/C4HF8O/c5-2(6,4(10,11)12)1(13)3(7,8)9/h13H. The largest absolute Gasteiger partial charge is 0.456 e. The fourth-order valence-corrected chi connectivity index (χ4v) is 0.312. The van der Waals surface area contributed by atoms with Crippen molar-refractivity contribution in [2.45, 2.75) is 18.3 Å². The third kappa shape index (κ3) is 2.42. The molecule has 1 radical (unpaired) electrons. The van der Waals surface area contributed by atoms with Crippen molar-refractivity contribution in [3.8, 4) is 0 Å². The van der Waals surface area contributed by atoms with Gasteiger partial charge in [0.2, 0.25) is 0 Å². The van der Waals surface area contributed by atoms with Gasteiger partial charge in [-0.1, -0.05) is 0 Å². The van der Waals surface area contributed by atoms with Crippen molar-refractivity contribution in [3.63, 3.8) is 0 Å². The van der Waals surface area contributed by atoms with E-state index in [1.54, 1.807) is 0 Å². The van der Waals surface area contributed by atoms with E-state index in [2.05, 4.69) is 0 Å². The average Bonchev–Trinajstić information content (AvgIpc) is 1.81. The zero-order chi connectivity index (χ0) is 11.1. The Morgan fingerprint density at radius 3 is 1.15 bits per heavy atom. The van der Waals surface area contributed by atoms with Gasteiger partial charge in [-0.2, -0.15) is 35.1 Å². The van der Waals surface area contributed by atoms with Gasteiger partial charge in [-0.15, -0.1) is 0 Å². The van der Waals surface area contributed by atoms with Crippen LogP contribution in [0.15, 0.2) is 0 Å². The van der Waals surface area contributed by atoms with Gasteiger partial charge in [-0.25, -0.2) is 0 Å². The quantitative estimate of drug-likeness (QED) is 0.669. The molecule has 0 fully saturated rings. The van der Waals surface area contributed by atoms with Crippen molar-refractivity contribution in [1.29, 1.82) is 0 Å². The van der Waals surface area contributed by atoms with Crippen molar-refractivity contribution in [2.24, 2.45) is 0 Å². The highest BCUT2D eigenvalue weighted by molar-refractivity contribution is 5.03. The molecule has 0 amide bonds. The molecule has 13 heavy (non-hydrogen) atoms. The van der Waals surface area contributed by atoms with E-state index in [1.165, 1.54) is 0 Å². The Kier molecular flexibility index (Phi) is 2.83. The van der Waals surface area contributed by atoms with Gasteiger partial charge in [0.25, 0.3) is 6.10 Å².